The van der Waals surface area contributed by atoms with Gasteiger partial charge in [0.1, 0.15) is 0 Å². The monoisotopic (exact) mass is 328 g/mol. The lowest BCUT2D eigenvalue weighted by Crippen LogP contribution is -2.43. The Hall–Kier alpha value is -0.520. The fraction of sp³-hybridized carbons (Fsp3) is 0.462. The molecule has 1 aliphatic heterocycles. The number of fused-ring (bicyclic) bond motifs is 1. The van der Waals surface area contributed by atoms with Crippen molar-refractivity contribution < 1.29 is 4.79 Å². The van der Waals surface area contributed by atoms with Gasteiger partial charge in [0.05, 0.1) is 5.69 Å². The van der Waals surface area contributed by atoms with Gasteiger partial charge in [0.25, 0.3) is 0 Å². The van der Waals surface area contributed by atoms with E-state index in [1.54, 1.807) is 0 Å². The molecule has 3 nitrogen and oxygen atoms in total. The summed E-state index contributed by atoms with van der Waals surface area (Å²) in [6.45, 7) is 2.83. The van der Waals surface area contributed by atoms with Gasteiger partial charge in [0, 0.05) is 34.1 Å². The van der Waals surface area contributed by atoms with Crippen LogP contribution in [0.25, 0.3) is 0 Å². The molecule has 1 atom stereocenters. The van der Waals surface area contributed by atoms with Gasteiger partial charge in [-0.1, -0.05) is 15.9 Å². The Bertz CT molecular complexity index is 453. The zero-order valence-electron chi connectivity index (χ0n) is 10.6. The average Bonchev–Trinajstić information content (AvgIpc) is 2.35. The molecule has 2 rings (SSSR count). The third-order valence-electron chi connectivity index (χ3n) is 2.96. The van der Waals surface area contributed by atoms with Crippen LogP contribution in [0.1, 0.15) is 13.3 Å². The first kappa shape index (κ1) is 13.9. The average molecular weight is 329 g/mol. The Morgan fingerprint density at radius 1 is 1.61 bits per heavy atom. The molecule has 0 aromatic heterocycles. The number of halogens is 1. The van der Waals surface area contributed by atoms with E-state index < -0.39 is 0 Å². The quantitative estimate of drug-likeness (QED) is 0.925. The van der Waals surface area contributed by atoms with E-state index >= 15 is 0 Å². The molecule has 1 aliphatic rings. The summed E-state index contributed by atoms with van der Waals surface area (Å²) < 4.78 is 1.02. The fourth-order valence-electron chi connectivity index (χ4n) is 2.06. The van der Waals surface area contributed by atoms with Gasteiger partial charge in [-0.05, 0) is 32.2 Å². The molecule has 1 N–H and O–H groups in total. The second kappa shape index (κ2) is 6.08. The minimum atomic E-state index is 0.191. The summed E-state index contributed by atoms with van der Waals surface area (Å²) >= 11 is 5.30. The van der Waals surface area contributed by atoms with E-state index in [2.05, 4.69) is 34.2 Å². The van der Waals surface area contributed by atoms with Crippen LogP contribution in [0, 0.1) is 0 Å². The van der Waals surface area contributed by atoms with Gasteiger partial charge in [-0.25, -0.2) is 0 Å². The van der Waals surface area contributed by atoms with Gasteiger partial charge < -0.3 is 10.2 Å². The Labute approximate surface area is 120 Å². The molecule has 5 heteroatoms. The van der Waals surface area contributed by atoms with E-state index in [9.17, 15) is 4.79 Å². The maximum atomic E-state index is 12.3. The van der Waals surface area contributed by atoms with Crippen molar-refractivity contribution in [1.29, 1.82) is 0 Å². The summed E-state index contributed by atoms with van der Waals surface area (Å²) in [5.74, 6) is 1.15. The largest absolute Gasteiger partial charge is 0.319 e. The fourth-order valence-corrected chi connectivity index (χ4v) is 3.44. The van der Waals surface area contributed by atoms with Crippen molar-refractivity contribution in [2.45, 2.75) is 24.3 Å². The zero-order valence-corrected chi connectivity index (χ0v) is 13.0. The molecule has 18 heavy (non-hydrogen) atoms. The second-order valence-corrected chi connectivity index (χ2v) is 6.37. The van der Waals surface area contributed by atoms with E-state index in [1.165, 1.54) is 4.90 Å². The lowest BCUT2D eigenvalue weighted by atomic mass is 10.2. The summed E-state index contributed by atoms with van der Waals surface area (Å²) in [5.41, 5.74) is 1.04. The maximum Gasteiger partial charge on any atom is 0.228 e. The molecule has 0 spiro atoms. The number of hydrogen-bond acceptors (Lipinski definition) is 3. The molecular weight excluding hydrogens is 312 g/mol. The second-order valence-electron chi connectivity index (χ2n) is 4.39. The van der Waals surface area contributed by atoms with Crippen LogP contribution in [0.2, 0.25) is 0 Å². The molecule has 1 aromatic carbocycles. The molecule has 1 amide bonds. The number of nitrogens with zero attached hydrogens (tertiary/aromatic N) is 1. The molecular formula is C13H17BrN2OS. The highest BCUT2D eigenvalue weighted by atomic mass is 79.9. The van der Waals surface area contributed by atoms with Crippen molar-refractivity contribution in [2.24, 2.45) is 0 Å². The number of benzene rings is 1. The van der Waals surface area contributed by atoms with Crippen molar-refractivity contribution in [2.75, 3.05) is 24.2 Å². The highest BCUT2D eigenvalue weighted by molar-refractivity contribution is 9.10. The van der Waals surface area contributed by atoms with Crippen molar-refractivity contribution in [1.82, 2.24) is 5.32 Å². The summed E-state index contributed by atoms with van der Waals surface area (Å²) in [7, 11) is 1.87. The van der Waals surface area contributed by atoms with Crippen molar-refractivity contribution >= 4 is 39.3 Å². The Kier molecular flexibility index (Phi) is 4.70. The number of amides is 1. The molecule has 98 valence electrons. The third-order valence-corrected chi connectivity index (χ3v) is 4.76. The Morgan fingerprint density at radius 2 is 2.39 bits per heavy atom. The van der Waals surface area contributed by atoms with Crippen LogP contribution in [0.5, 0.6) is 0 Å². The smallest absolute Gasteiger partial charge is 0.228 e. The lowest BCUT2D eigenvalue weighted by molar-refractivity contribution is -0.118. The number of anilines is 1. The van der Waals surface area contributed by atoms with Crippen molar-refractivity contribution in [3.63, 3.8) is 0 Å². The topological polar surface area (TPSA) is 32.3 Å². The number of carbonyl (C=O) groups is 1. The third kappa shape index (κ3) is 2.90. The van der Waals surface area contributed by atoms with Crippen LogP contribution in [0.15, 0.2) is 27.6 Å². The molecule has 0 fully saturated rings. The number of nitrogens with one attached hydrogen (secondary N) is 1. The van der Waals surface area contributed by atoms with Crippen LogP contribution in [-0.4, -0.2) is 31.3 Å². The van der Waals surface area contributed by atoms with Gasteiger partial charge >= 0.3 is 0 Å². The Balaban J connectivity index is 2.29. The molecule has 0 saturated heterocycles. The van der Waals surface area contributed by atoms with E-state index in [1.807, 2.05) is 35.8 Å². The van der Waals surface area contributed by atoms with Gasteiger partial charge in [0.2, 0.25) is 5.91 Å². The minimum absolute atomic E-state index is 0.191. The molecule has 1 aromatic rings. The van der Waals surface area contributed by atoms with Crippen LogP contribution in [-0.2, 0) is 4.79 Å². The van der Waals surface area contributed by atoms with E-state index in [0.29, 0.717) is 6.42 Å². The van der Waals surface area contributed by atoms with Gasteiger partial charge in [-0.2, -0.15) is 0 Å². The summed E-state index contributed by atoms with van der Waals surface area (Å²) in [6.07, 6.45) is 0.539. The highest BCUT2D eigenvalue weighted by Gasteiger charge is 2.28. The molecule has 0 radical (unpaired) electrons. The molecule has 0 aliphatic carbocycles. The predicted molar refractivity (Wildman–Crippen MR) is 80.4 cm³/mol. The zero-order chi connectivity index (χ0) is 13.1. The van der Waals surface area contributed by atoms with Crippen LogP contribution >= 0.6 is 27.7 Å². The van der Waals surface area contributed by atoms with Crippen LogP contribution in [0.4, 0.5) is 5.69 Å². The van der Waals surface area contributed by atoms with Gasteiger partial charge in [0.15, 0.2) is 0 Å². The highest BCUT2D eigenvalue weighted by Crippen LogP contribution is 2.39. The normalized spacial score (nSPS) is 18.6. The standard InChI is InChI=1S/C13H17BrN2OS/c1-9-8-18-12-4-3-10(14)7-11(12)16(9)13(17)5-6-15-2/h3-4,7,9,15H,5-6,8H2,1-2H3. The first-order chi connectivity index (χ1) is 8.63. The van der Waals surface area contributed by atoms with E-state index in [-0.39, 0.29) is 11.9 Å². The number of rotatable bonds is 3. The van der Waals surface area contributed by atoms with Gasteiger partial charge in [-0.3, -0.25) is 4.79 Å². The van der Waals surface area contributed by atoms with Gasteiger partial charge in [-0.15, -0.1) is 11.8 Å². The molecule has 1 heterocycles. The van der Waals surface area contributed by atoms with Crippen molar-refractivity contribution in [3.05, 3.63) is 22.7 Å². The Morgan fingerprint density at radius 3 is 3.11 bits per heavy atom. The SMILES string of the molecule is CNCCC(=O)N1c2cc(Br)ccc2SCC1C. The molecule has 0 saturated carbocycles. The lowest BCUT2D eigenvalue weighted by Gasteiger charge is -2.35. The summed E-state index contributed by atoms with van der Waals surface area (Å²) in [5, 5.41) is 3.03. The summed E-state index contributed by atoms with van der Waals surface area (Å²) in [4.78, 5) is 15.4. The number of thioether (sulfide) groups is 1. The van der Waals surface area contributed by atoms with E-state index in [4.69, 9.17) is 0 Å². The van der Waals surface area contributed by atoms with Crippen molar-refractivity contribution in [3.8, 4) is 0 Å². The molecule has 1 unspecified atom stereocenters. The first-order valence-corrected chi connectivity index (χ1v) is 7.80. The maximum absolute atomic E-state index is 12.3. The van der Waals surface area contributed by atoms with Crippen LogP contribution in [0.3, 0.4) is 0 Å². The first-order valence-electron chi connectivity index (χ1n) is 6.02. The number of carbonyl (C=O) groups excluding carboxylic acids is 1. The summed E-state index contributed by atoms with van der Waals surface area (Å²) in [6, 6.07) is 6.39. The van der Waals surface area contributed by atoms with Crippen LogP contribution < -0.4 is 10.2 Å². The molecule has 0 bridgehead atoms. The number of hydrogen-bond donors (Lipinski definition) is 1. The van der Waals surface area contributed by atoms with E-state index in [0.717, 1.165) is 22.5 Å². The predicted octanol–water partition coefficient (Wildman–Crippen LogP) is 2.89. The minimum Gasteiger partial charge on any atom is -0.319 e.